The Hall–Kier alpha value is -4.26. The van der Waals surface area contributed by atoms with Crippen molar-refractivity contribution >= 4 is 23.6 Å². The second kappa shape index (κ2) is 10.8. The Kier molecular flexibility index (Phi) is 7.35. The zero-order valence-corrected chi connectivity index (χ0v) is 20.0. The van der Waals surface area contributed by atoms with Crippen LogP contribution >= 0.6 is 0 Å². The van der Waals surface area contributed by atoms with E-state index in [9.17, 15) is 9.59 Å². The van der Waals surface area contributed by atoms with Crippen LogP contribution in [0.15, 0.2) is 72.3 Å². The minimum atomic E-state index is -0.458. The van der Waals surface area contributed by atoms with Crippen LogP contribution < -0.4 is 24.6 Å². The third-order valence-electron chi connectivity index (χ3n) is 5.41. The minimum Gasteiger partial charge on any atom is -0.490 e. The molecule has 4 rings (SSSR count). The molecule has 0 saturated carbocycles. The molecule has 1 fully saturated rings. The molecule has 0 aliphatic carbocycles. The molecule has 180 valence electrons. The topological polar surface area (TPSA) is 77.1 Å². The normalized spacial score (nSPS) is 14.3. The van der Waals surface area contributed by atoms with Crippen LogP contribution in [0.4, 0.5) is 5.69 Å². The molecular weight excluding hydrogens is 444 g/mol. The fraction of sp³-hybridized carbons (Fsp3) is 0.214. The van der Waals surface area contributed by atoms with E-state index in [4.69, 9.17) is 14.2 Å². The van der Waals surface area contributed by atoms with Crippen molar-refractivity contribution in [3.05, 3.63) is 89.0 Å². The highest BCUT2D eigenvalue weighted by Crippen LogP contribution is 2.30. The molecule has 0 unspecified atom stereocenters. The van der Waals surface area contributed by atoms with Gasteiger partial charge in [0.1, 0.15) is 24.5 Å². The lowest BCUT2D eigenvalue weighted by Crippen LogP contribution is -2.35. The van der Waals surface area contributed by atoms with Crippen LogP contribution in [0.3, 0.4) is 0 Å². The van der Waals surface area contributed by atoms with E-state index in [1.807, 2.05) is 39.0 Å². The van der Waals surface area contributed by atoms with Gasteiger partial charge < -0.3 is 14.2 Å². The third kappa shape index (κ3) is 5.63. The zero-order valence-electron chi connectivity index (χ0n) is 20.0. The molecule has 1 aliphatic rings. The summed E-state index contributed by atoms with van der Waals surface area (Å²) in [7, 11) is 0. The minimum absolute atomic E-state index is 0.0480. The summed E-state index contributed by atoms with van der Waals surface area (Å²) in [6.45, 7) is 7.09. The fourth-order valence-electron chi connectivity index (χ4n) is 3.75. The molecule has 1 saturated heterocycles. The molecule has 1 aliphatic heterocycles. The molecule has 3 aromatic rings. The highest BCUT2D eigenvalue weighted by Gasteiger charge is 2.34. The van der Waals surface area contributed by atoms with Crippen molar-refractivity contribution in [3.63, 3.8) is 0 Å². The molecule has 7 heteroatoms. The third-order valence-corrected chi connectivity index (χ3v) is 5.41. The molecule has 0 spiro atoms. The summed E-state index contributed by atoms with van der Waals surface area (Å²) in [5, 5.41) is 1.24. The van der Waals surface area contributed by atoms with Crippen molar-refractivity contribution in [2.24, 2.45) is 0 Å². The molecule has 2 amide bonds. The van der Waals surface area contributed by atoms with Gasteiger partial charge in [0.05, 0.1) is 12.3 Å². The summed E-state index contributed by atoms with van der Waals surface area (Å²) in [6, 6.07) is 20.3. The first-order valence-corrected chi connectivity index (χ1v) is 11.5. The van der Waals surface area contributed by atoms with E-state index >= 15 is 0 Å². The summed E-state index contributed by atoms with van der Waals surface area (Å²) < 4.78 is 17.5. The number of hydrogen-bond acceptors (Lipinski definition) is 5. The van der Waals surface area contributed by atoms with Crippen LogP contribution in [0.2, 0.25) is 0 Å². The van der Waals surface area contributed by atoms with Gasteiger partial charge in [-0.1, -0.05) is 42.0 Å². The number of hydrazine groups is 1. The van der Waals surface area contributed by atoms with Gasteiger partial charge in [0, 0.05) is 0 Å². The van der Waals surface area contributed by atoms with Crippen molar-refractivity contribution in [2.45, 2.75) is 20.8 Å². The van der Waals surface area contributed by atoms with E-state index in [0.29, 0.717) is 42.6 Å². The van der Waals surface area contributed by atoms with Crippen molar-refractivity contribution in [1.29, 1.82) is 0 Å². The van der Waals surface area contributed by atoms with Gasteiger partial charge in [0.15, 0.2) is 11.5 Å². The van der Waals surface area contributed by atoms with Crippen molar-refractivity contribution in [2.75, 3.05) is 24.8 Å². The van der Waals surface area contributed by atoms with Crippen LogP contribution in [-0.4, -0.2) is 31.6 Å². The van der Waals surface area contributed by atoms with E-state index in [-0.39, 0.29) is 5.57 Å². The Morgan fingerprint density at radius 1 is 0.829 bits per heavy atom. The maximum atomic E-state index is 12.8. The lowest BCUT2D eigenvalue weighted by molar-refractivity contribution is -0.117. The van der Waals surface area contributed by atoms with Gasteiger partial charge in [0.25, 0.3) is 11.8 Å². The number of amides is 2. The number of para-hydroxylation sites is 1. The number of ether oxygens (including phenoxy) is 3. The van der Waals surface area contributed by atoms with Crippen molar-refractivity contribution in [1.82, 2.24) is 5.43 Å². The second-order valence-electron chi connectivity index (χ2n) is 8.08. The van der Waals surface area contributed by atoms with Gasteiger partial charge in [-0.25, -0.2) is 5.01 Å². The summed E-state index contributed by atoms with van der Waals surface area (Å²) in [6.07, 6.45) is 1.55. The maximum absolute atomic E-state index is 12.8. The Bertz CT molecular complexity index is 1250. The number of hydrogen-bond donors (Lipinski definition) is 1. The lowest BCUT2D eigenvalue weighted by atomic mass is 10.1. The molecule has 3 aromatic carbocycles. The average Bonchev–Trinajstić information content (AvgIpc) is 3.13. The van der Waals surface area contributed by atoms with Gasteiger partial charge in [-0.15, -0.1) is 0 Å². The van der Waals surface area contributed by atoms with Crippen LogP contribution in [0.1, 0.15) is 23.6 Å². The van der Waals surface area contributed by atoms with E-state index < -0.39 is 11.8 Å². The quantitative estimate of drug-likeness (QED) is 0.279. The fourth-order valence-corrected chi connectivity index (χ4v) is 3.75. The first kappa shape index (κ1) is 23.9. The van der Waals surface area contributed by atoms with Gasteiger partial charge in [-0.2, -0.15) is 0 Å². The Morgan fingerprint density at radius 2 is 1.54 bits per heavy atom. The summed E-state index contributed by atoms with van der Waals surface area (Å²) in [4.78, 5) is 25.3. The predicted molar refractivity (Wildman–Crippen MR) is 135 cm³/mol. The number of rotatable bonds is 9. The number of aryl methyl sites for hydroxylation is 2. The van der Waals surface area contributed by atoms with E-state index in [1.165, 1.54) is 10.6 Å². The van der Waals surface area contributed by atoms with E-state index in [1.54, 1.807) is 48.5 Å². The zero-order chi connectivity index (χ0) is 24.8. The molecule has 1 heterocycles. The van der Waals surface area contributed by atoms with Gasteiger partial charge in [0.2, 0.25) is 0 Å². The van der Waals surface area contributed by atoms with Gasteiger partial charge in [-0.3, -0.25) is 15.0 Å². The lowest BCUT2D eigenvalue weighted by Gasteiger charge is -2.14. The number of carbonyl (C=O) groups is 2. The SMILES string of the molecule is CCOc1cc(/C=C2\C(=O)NN(c3ccccc3)C2=O)ccc1OCCOc1ccc(C)cc1C. The number of carbonyl (C=O) groups excluding carboxylic acids is 2. The maximum Gasteiger partial charge on any atom is 0.282 e. The number of benzene rings is 3. The number of nitrogens with one attached hydrogen (secondary N) is 1. The Labute approximate surface area is 204 Å². The monoisotopic (exact) mass is 472 g/mol. The molecule has 0 radical (unpaired) electrons. The molecule has 1 N–H and O–H groups in total. The Morgan fingerprint density at radius 3 is 2.26 bits per heavy atom. The van der Waals surface area contributed by atoms with Gasteiger partial charge >= 0.3 is 0 Å². The highest BCUT2D eigenvalue weighted by molar-refractivity contribution is 6.31. The summed E-state index contributed by atoms with van der Waals surface area (Å²) in [5.74, 6) is 1.05. The van der Waals surface area contributed by atoms with Crippen molar-refractivity contribution in [3.8, 4) is 17.2 Å². The van der Waals surface area contributed by atoms with Crippen LogP contribution in [0.5, 0.6) is 17.2 Å². The molecule has 0 atom stereocenters. The smallest absolute Gasteiger partial charge is 0.282 e. The molecule has 0 bridgehead atoms. The molecular formula is C28H28N2O5. The van der Waals surface area contributed by atoms with Crippen LogP contribution in [0.25, 0.3) is 6.08 Å². The molecule has 7 nitrogen and oxygen atoms in total. The predicted octanol–water partition coefficient (Wildman–Crippen LogP) is 4.62. The molecule has 35 heavy (non-hydrogen) atoms. The van der Waals surface area contributed by atoms with E-state index in [2.05, 4.69) is 11.5 Å². The second-order valence-corrected chi connectivity index (χ2v) is 8.08. The largest absolute Gasteiger partial charge is 0.490 e. The average molecular weight is 473 g/mol. The summed E-state index contributed by atoms with van der Waals surface area (Å²) in [5.41, 5.74) is 6.16. The van der Waals surface area contributed by atoms with Crippen LogP contribution in [-0.2, 0) is 9.59 Å². The first-order chi connectivity index (χ1) is 17.0. The summed E-state index contributed by atoms with van der Waals surface area (Å²) >= 11 is 0. The van der Waals surface area contributed by atoms with Crippen molar-refractivity contribution < 1.29 is 23.8 Å². The first-order valence-electron chi connectivity index (χ1n) is 11.5. The number of nitrogens with zero attached hydrogens (tertiary/aromatic N) is 1. The number of anilines is 1. The highest BCUT2D eigenvalue weighted by atomic mass is 16.5. The van der Waals surface area contributed by atoms with Crippen LogP contribution in [0, 0.1) is 13.8 Å². The van der Waals surface area contributed by atoms with E-state index in [0.717, 1.165) is 11.3 Å². The Balaban J connectivity index is 1.44. The standard InChI is InChI=1S/C28H28N2O5/c1-4-33-26-18-21(17-23-27(31)29-30(28(23)32)22-8-6-5-7-9-22)11-13-25(26)35-15-14-34-24-12-10-19(2)16-20(24)3/h5-13,16-18H,4,14-15H2,1-3H3,(H,29,31)/b23-17+. The molecule has 0 aromatic heterocycles. The van der Waals surface area contributed by atoms with Gasteiger partial charge in [-0.05, 0) is 68.3 Å².